The van der Waals surface area contributed by atoms with Crippen LogP contribution in [0.15, 0.2) is 58.8 Å². The van der Waals surface area contributed by atoms with Crippen LogP contribution in [-0.2, 0) is 14.6 Å². The highest BCUT2D eigenvalue weighted by Crippen LogP contribution is 2.26. The molecular weight excluding hydrogens is 420 g/mol. The number of nitrogens with zero attached hydrogens (tertiary/aromatic N) is 1. The molecule has 0 bridgehead atoms. The quantitative estimate of drug-likeness (QED) is 0.597. The summed E-state index contributed by atoms with van der Waals surface area (Å²) < 4.78 is 30.1. The second-order valence-corrected chi connectivity index (χ2v) is 9.04. The number of ether oxygens (including phenoxy) is 1. The van der Waals surface area contributed by atoms with E-state index in [9.17, 15) is 13.2 Å². The third-order valence-electron chi connectivity index (χ3n) is 3.71. The molecule has 1 heterocycles. The Bertz CT molecular complexity index is 1060. The minimum Gasteiger partial charge on any atom is -0.494 e. The Hall–Kier alpha value is -2.42. The van der Waals surface area contributed by atoms with Crippen molar-refractivity contribution in [3.8, 4) is 17.0 Å². The van der Waals surface area contributed by atoms with Crippen LogP contribution in [0.1, 0.15) is 6.92 Å². The first-order chi connectivity index (χ1) is 13.4. The Kier molecular flexibility index (Phi) is 6.33. The molecule has 146 valence electrons. The number of nitrogens with one attached hydrogen (secondary N) is 1. The summed E-state index contributed by atoms with van der Waals surface area (Å²) in [4.78, 5) is 16.6. The third kappa shape index (κ3) is 5.09. The zero-order chi connectivity index (χ0) is 20.1. The van der Waals surface area contributed by atoms with Crippen molar-refractivity contribution < 1.29 is 17.9 Å². The average Bonchev–Trinajstić information content (AvgIpc) is 3.11. The van der Waals surface area contributed by atoms with E-state index in [1.165, 1.54) is 35.6 Å². The van der Waals surface area contributed by atoms with Gasteiger partial charge in [-0.1, -0.05) is 11.6 Å². The summed E-state index contributed by atoms with van der Waals surface area (Å²) in [5.74, 6) is -0.558. The van der Waals surface area contributed by atoms with E-state index in [0.717, 1.165) is 11.3 Å². The number of rotatable bonds is 7. The van der Waals surface area contributed by atoms with Crippen molar-refractivity contribution in [3.63, 3.8) is 0 Å². The zero-order valence-electron chi connectivity index (χ0n) is 14.9. The monoisotopic (exact) mass is 436 g/mol. The fourth-order valence-corrected chi connectivity index (χ4v) is 4.40. The number of hydrogen-bond acceptors (Lipinski definition) is 6. The third-order valence-corrected chi connectivity index (χ3v) is 6.35. The Labute approximate surface area is 172 Å². The molecule has 0 aliphatic rings. The van der Waals surface area contributed by atoms with Crippen molar-refractivity contribution in [1.82, 2.24) is 4.98 Å². The molecule has 0 atom stereocenters. The van der Waals surface area contributed by atoms with E-state index in [0.29, 0.717) is 22.5 Å². The van der Waals surface area contributed by atoms with Gasteiger partial charge < -0.3 is 10.1 Å². The van der Waals surface area contributed by atoms with Crippen molar-refractivity contribution in [1.29, 1.82) is 0 Å². The molecule has 0 fully saturated rings. The number of carbonyl (C=O) groups is 1. The smallest absolute Gasteiger partial charge is 0.241 e. The van der Waals surface area contributed by atoms with E-state index in [1.54, 1.807) is 5.38 Å². The maximum Gasteiger partial charge on any atom is 0.241 e. The molecule has 0 saturated heterocycles. The van der Waals surface area contributed by atoms with Crippen LogP contribution < -0.4 is 10.1 Å². The van der Waals surface area contributed by atoms with Crippen molar-refractivity contribution in [3.05, 3.63) is 58.9 Å². The fraction of sp³-hybridized carbons (Fsp3) is 0.158. The molecule has 0 radical (unpaired) electrons. The largest absolute Gasteiger partial charge is 0.494 e. The van der Waals surface area contributed by atoms with Crippen molar-refractivity contribution >= 4 is 43.8 Å². The molecular formula is C19H17ClN2O4S2. The lowest BCUT2D eigenvalue weighted by molar-refractivity contribution is -0.113. The van der Waals surface area contributed by atoms with Gasteiger partial charge in [0, 0.05) is 16.0 Å². The lowest BCUT2D eigenvalue weighted by Gasteiger charge is -2.05. The first kappa shape index (κ1) is 20.3. The molecule has 0 spiro atoms. The highest BCUT2D eigenvalue weighted by atomic mass is 35.5. The van der Waals surface area contributed by atoms with Gasteiger partial charge in [0.25, 0.3) is 0 Å². The van der Waals surface area contributed by atoms with Gasteiger partial charge in [-0.15, -0.1) is 11.3 Å². The van der Waals surface area contributed by atoms with Crippen LogP contribution >= 0.6 is 22.9 Å². The number of benzene rings is 2. The van der Waals surface area contributed by atoms with E-state index >= 15 is 0 Å². The van der Waals surface area contributed by atoms with Gasteiger partial charge in [0.05, 0.1) is 17.2 Å². The summed E-state index contributed by atoms with van der Waals surface area (Å²) in [5, 5.41) is 5.09. The highest BCUT2D eigenvalue weighted by molar-refractivity contribution is 7.92. The second kappa shape index (κ2) is 8.72. The van der Waals surface area contributed by atoms with Crippen LogP contribution in [0.3, 0.4) is 0 Å². The molecule has 1 N–H and O–H groups in total. The van der Waals surface area contributed by atoms with Crippen LogP contribution in [0.25, 0.3) is 11.3 Å². The summed E-state index contributed by atoms with van der Waals surface area (Å²) in [6.07, 6.45) is 0. The van der Waals surface area contributed by atoms with Gasteiger partial charge in [0.1, 0.15) is 11.5 Å². The van der Waals surface area contributed by atoms with Crippen molar-refractivity contribution in [2.45, 2.75) is 11.8 Å². The SMILES string of the molecule is CCOc1ccc(-c2csc(NC(=O)CS(=O)(=O)c3ccc(Cl)cc3)n2)cc1. The lowest BCUT2D eigenvalue weighted by atomic mass is 10.2. The minimum atomic E-state index is -3.76. The Morgan fingerprint density at radius 3 is 2.46 bits per heavy atom. The number of anilines is 1. The van der Waals surface area contributed by atoms with E-state index < -0.39 is 21.5 Å². The molecule has 0 aliphatic heterocycles. The summed E-state index contributed by atoms with van der Waals surface area (Å²) in [7, 11) is -3.76. The topological polar surface area (TPSA) is 85.4 Å². The average molecular weight is 437 g/mol. The molecule has 0 saturated carbocycles. The van der Waals surface area contributed by atoms with Gasteiger partial charge in [0.2, 0.25) is 5.91 Å². The molecule has 2 aromatic carbocycles. The van der Waals surface area contributed by atoms with Gasteiger partial charge >= 0.3 is 0 Å². The van der Waals surface area contributed by atoms with Gasteiger partial charge in [-0.2, -0.15) is 0 Å². The van der Waals surface area contributed by atoms with E-state index in [1.807, 2.05) is 31.2 Å². The first-order valence-electron chi connectivity index (χ1n) is 8.34. The maximum absolute atomic E-state index is 12.3. The standard InChI is InChI=1S/C19H17ClN2O4S2/c1-2-26-15-7-3-13(4-8-15)17-11-27-19(21-17)22-18(23)12-28(24,25)16-9-5-14(20)6-10-16/h3-11H,2,12H2,1H3,(H,21,22,23). The predicted octanol–water partition coefficient (Wildman–Crippen LogP) is 4.27. The molecule has 3 rings (SSSR count). The number of aromatic nitrogens is 1. The van der Waals surface area contributed by atoms with Crippen LogP contribution in [0.4, 0.5) is 5.13 Å². The minimum absolute atomic E-state index is 0.0428. The fourth-order valence-electron chi connectivity index (χ4n) is 2.41. The Morgan fingerprint density at radius 2 is 1.82 bits per heavy atom. The number of thiazole rings is 1. The molecule has 1 aromatic heterocycles. The molecule has 3 aromatic rings. The number of amides is 1. The van der Waals surface area contributed by atoms with Crippen molar-refractivity contribution in [2.75, 3.05) is 17.7 Å². The number of carbonyl (C=O) groups excluding carboxylic acids is 1. The Morgan fingerprint density at radius 1 is 1.14 bits per heavy atom. The van der Waals surface area contributed by atoms with Crippen LogP contribution in [-0.4, -0.2) is 31.7 Å². The summed E-state index contributed by atoms with van der Waals surface area (Å²) in [5.41, 5.74) is 1.55. The molecule has 28 heavy (non-hydrogen) atoms. The van der Waals surface area contributed by atoms with Crippen LogP contribution in [0.2, 0.25) is 5.02 Å². The van der Waals surface area contributed by atoms with E-state index in [-0.39, 0.29) is 4.90 Å². The van der Waals surface area contributed by atoms with Crippen molar-refractivity contribution in [2.24, 2.45) is 0 Å². The first-order valence-corrected chi connectivity index (χ1v) is 11.3. The summed E-state index contributed by atoms with van der Waals surface area (Å²) >= 11 is 6.99. The van der Waals surface area contributed by atoms with Gasteiger partial charge in [-0.05, 0) is 55.5 Å². The number of halogens is 1. The van der Waals surface area contributed by atoms with Crippen LogP contribution in [0, 0.1) is 0 Å². The summed E-state index contributed by atoms with van der Waals surface area (Å²) in [6.45, 7) is 2.50. The van der Waals surface area contributed by atoms with E-state index in [4.69, 9.17) is 16.3 Å². The maximum atomic E-state index is 12.3. The van der Waals surface area contributed by atoms with Crippen LogP contribution in [0.5, 0.6) is 5.75 Å². The van der Waals surface area contributed by atoms with Gasteiger partial charge in [0.15, 0.2) is 15.0 Å². The molecule has 9 heteroatoms. The second-order valence-electron chi connectivity index (χ2n) is 5.76. The van der Waals surface area contributed by atoms with Gasteiger partial charge in [-0.25, -0.2) is 13.4 Å². The molecule has 6 nitrogen and oxygen atoms in total. The number of sulfone groups is 1. The normalized spacial score (nSPS) is 11.2. The molecule has 1 amide bonds. The predicted molar refractivity (Wildman–Crippen MR) is 111 cm³/mol. The lowest BCUT2D eigenvalue weighted by Crippen LogP contribution is -2.22. The van der Waals surface area contributed by atoms with Gasteiger partial charge in [-0.3, -0.25) is 4.79 Å². The zero-order valence-corrected chi connectivity index (χ0v) is 17.3. The molecule has 0 aliphatic carbocycles. The number of hydrogen-bond donors (Lipinski definition) is 1. The summed E-state index contributed by atoms with van der Waals surface area (Å²) in [6, 6.07) is 13.1. The Balaban J connectivity index is 1.65. The van der Waals surface area contributed by atoms with E-state index in [2.05, 4.69) is 10.3 Å². The highest BCUT2D eigenvalue weighted by Gasteiger charge is 2.20. The molecule has 0 unspecified atom stereocenters.